The molecule has 1 unspecified atom stereocenters. The molecule has 1 fully saturated rings. The molecule has 0 spiro atoms. The zero-order valence-electron chi connectivity index (χ0n) is 16.4. The predicted molar refractivity (Wildman–Crippen MR) is 110 cm³/mol. The second-order valence-electron chi connectivity index (χ2n) is 7.25. The van der Waals surface area contributed by atoms with E-state index in [9.17, 15) is 9.18 Å². The minimum Gasteiger partial charge on any atom is -0.352 e. The molecule has 1 aliphatic rings. The Morgan fingerprint density at radius 3 is 2.73 bits per heavy atom. The highest BCUT2D eigenvalue weighted by atomic mass is 35.5. The van der Waals surface area contributed by atoms with E-state index in [1.54, 1.807) is 11.0 Å². The lowest BCUT2D eigenvalue weighted by molar-refractivity contribution is 0.0539. The number of carbonyl (C=O) groups is 1. The largest absolute Gasteiger partial charge is 0.352 e. The Bertz CT molecular complexity index is 1010. The van der Waals surface area contributed by atoms with Crippen LogP contribution in [0.15, 0.2) is 43.0 Å². The first-order valence-corrected chi connectivity index (χ1v) is 10.1. The summed E-state index contributed by atoms with van der Waals surface area (Å²) in [6.45, 7) is 3.16. The molecule has 1 aromatic carbocycles. The van der Waals surface area contributed by atoms with Crippen molar-refractivity contribution in [2.45, 2.75) is 25.8 Å². The Morgan fingerprint density at radius 2 is 2.00 bits per heavy atom. The van der Waals surface area contributed by atoms with E-state index in [-0.39, 0.29) is 29.1 Å². The summed E-state index contributed by atoms with van der Waals surface area (Å²) >= 11 is 5.84. The van der Waals surface area contributed by atoms with Crippen LogP contribution >= 0.6 is 11.6 Å². The number of carbonyl (C=O) groups excluding carboxylic acids is 1. The monoisotopic (exact) mass is 429 g/mol. The fourth-order valence-corrected chi connectivity index (χ4v) is 3.89. The van der Waals surface area contributed by atoms with Crippen LogP contribution in [0.2, 0.25) is 5.02 Å². The molecule has 156 valence electrons. The average Bonchev–Trinajstić information content (AvgIpc) is 3.27. The van der Waals surface area contributed by atoms with Gasteiger partial charge in [0.05, 0.1) is 41.4 Å². The summed E-state index contributed by atoms with van der Waals surface area (Å²) in [6, 6.07) is 4.33. The maximum absolute atomic E-state index is 14.6. The standard InChI is InChI=1S/C20H21ClFN7O/c1-13-4-3-9-28(17(13)12-25-20-23-10-14(21)11-24-20)19(30)15-5-2-6-16(22)18(15)29-26-7-8-27-29/h2,5-8,10-11,13,17H,3-4,9,12H2,1H3,(H,23,24,25)/t13-,17?/m1/s1. The number of nitrogens with zero attached hydrogens (tertiary/aromatic N) is 6. The lowest BCUT2D eigenvalue weighted by Crippen LogP contribution is -2.51. The second-order valence-corrected chi connectivity index (χ2v) is 7.68. The van der Waals surface area contributed by atoms with Crippen LogP contribution in [-0.2, 0) is 0 Å². The van der Waals surface area contributed by atoms with Crippen LogP contribution in [0.25, 0.3) is 5.69 Å². The van der Waals surface area contributed by atoms with Gasteiger partial charge in [0.15, 0.2) is 5.82 Å². The van der Waals surface area contributed by atoms with Crippen molar-refractivity contribution in [3.63, 3.8) is 0 Å². The molecule has 30 heavy (non-hydrogen) atoms. The first-order chi connectivity index (χ1) is 14.5. The van der Waals surface area contributed by atoms with Gasteiger partial charge in [-0.3, -0.25) is 4.79 Å². The first kappa shape index (κ1) is 20.2. The highest BCUT2D eigenvalue weighted by molar-refractivity contribution is 6.30. The van der Waals surface area contributed by atoms with Crippen LogP contribution in [0, 0.1) is 11.7 Å². The minimum atomic E-state index is -0.550. The Kier molecular flexibility index (Phi) is 5.89. The molecule has 1 amide bonds. The average molecular weight is 430 g/mol. The summed E-state index contributed by atoms with van der Waals surface area (Å²) in [5.74, 6) is -0.109. The molecule has 3 aromatic rings. The van der Waals surface area contributed by atoms with Crippen LogP contribution in [-0.4, -0.2) is 54.9 Å². The number of nitrogens with one attached hydrogen (secondary N) is 1. The van der Waals surface area contributed by atoms with Crippen molar-refractivity contribution < 1.29 is 9.18 Å². The van der Waals surface area contributed by atoms with E-state index in [0.29, 0.717) is 24.1 Å². The molecule has 3 heterocycles. The summed E-state index contributed by atoms with van der Waals surface area (Å²) in [4.78, 5) is 24.7. The highest BCUT2D eigenvalue weighted by Gasteiger charge is 2.34. The predicted octanol–water partition coefficient (Wildman–Crippen LogP) is 3.20. The molecule has 1 aliphatic heterocycles. The Labute approximate surface area is 178 Å². The smallest absolute Gasteiger partial charge is 0.256 e. The van der Waals surface area contributed by atoms with E-state index < -0.39 is 5.82 Å². The van der Waals surface area contributed by atoms with E-state index in [4.69, 9.17) is 11.6 Å². The normalized spacial score (nSPS) is 19.0. The lowest BCUT2D eigenvalue weighted by Gasteiger charge is -2.40. The minimum absolute atomic E-state index is 0.0541. The summed E-state index contributed by atoms with van der Waals surface area (Å²) in [7, 11) is 0. The van der Waals surface area contributed by atoms with E-state index in [1.165, 1.54) is 36.9 Å². The van der Waals surface area contributed by atoms with Crippen molar-refractivity contribution in [3.8, 4) is 5.69 Å². The third kappa shape index (κ3) is 4.11. The van der Waals surface area contributed by atoms with Crippen molar-refractivity contribution in [2.75, 3.05) is 18.4 Å². The van der Waals surface area contributed by atoms with Crippen LogP contribution in [0.3, 0.4) is 0 Å². The van der Waals surface area contributed by atoms with Crippen molar-refractivity contribution in [1.29, 1.82) is 0 Å². The van der Waals surface area contributed by atoms with Gasteiger partial charge in [0, 0.05) is 13.1 Å². The molecule has 0 radical (unpaired) electrons. The topological polar surface area (TPSA) is 88.8 Å². The van der Waals surface area contributed by atoms with Gasteiger partial charge in [-0.2, -0.15) is 10.2 Å². The number of piperidine rings is 1. The Hall–Kier alpha value is -3.07. The van der Waals surface area contributed by atoms with Gasteiger partial charge in [0.25, 0.3) is 5.91 Å². The molecule has 8 nitrogen and oxygen atoms in total. The van der Waals surface area contributed by atoms with Crippen molar-refractivity contribution in [1.82, 2.24) is 29.9 Å². The lowest BCUT2D eigenvalue weighted by atomic mass is 9.90. The molecule has 1 saturated heterocycles. The SMILES string of the molecule is C[C@@H]1CCCN(C(=O)c2cccc(F)c2-n2nccn2)C1CNc1ncc(Cl)cn1. The molecule has 0 bridgehead atoms. The number of para-hydroxylation sites is 1. The molecule has 2 aromatic heterocycles. The molecule has 10 heteroatoms. The zero-order chi connectivity index (χ0) is 21.1. The quantitative estimate of drug-likeness (QED) is 0.670. The highest BCUT2D eigenvalue weighted by Crippen LogP contribution is 2.27. The molecule has 1 N–H and O–H groups in total. The molecule has 4 rings (SSSR count). The second kappa shape index (κ2) is 8.74. The van der Waals surface area contributed by atoms with Gasteiger partial charge in [-0.15, -0.1) is 4.80 Å². The van der Waals surface area contributed by atoms with Gasteiger partial charge in [-0.25, -0.2) is 14.4 Å². The number of hydrogen-bond acceptors (Lipinski definition) is 6. The van der Waals surface area contributed by atoms with Gasteiger partial charge < -0.3 is 10.2 Å². The number of anilines is 1. The van der Waals surface area contributed by atoms with Gasteiger partial charge in [0.2, 0.25) is 5.95 Å². The number of rotatable bonds is 5. The summed E-state index contributed by atoms with van der Waals surface area (Å²) in [5, 5.41) is 11.7. The van der Waals surface area contributed by atoms with Crippen LogP contribution < -0.4 is 5.32 Å². The summed E-state index contributed by atoms with van der Waals surface area (Å²) < 4.78 is 14.6. The van der Waals surface area contributed by atoms with Gasteiger partial charge >= 0.3 is 0 Å². The van der Waals surface area contributed by atoms with Gasteiger partial charge in [-0.1, -0.05) is 24.6 Å². The number of likely N-dealkylation sites (tertiary alicyclic amines) is 1. The third-order valence-electron chi connectivity index (χ3n) is 5.30. The maximum Gasteiger partial charge on any atom is 0.256 e. The summed E-state index contributed by atoms with van der Waals surface area (Å²) in [6.07, 6.45) is 7.80. The maximum atomic E-state index is 14.6. The van der Waals surface area contributed by atoms with E-state index in [0.717, 1.165) is 17.6 Å². The number of hydrogen-bond donors (Lipinski definition) is 1. The third-order valence-corrected chi connectivity index (χ3v) is 5.50. The van der Waals surface area contributed by atoms with E-state index >= 15 is 0 Å². The first-order valence-electron chi connectivity index (χ1n) is 9.72. The number of halogens is 2. The Morgan fingerprint density at radius 1 is 1.27 bits per heavy atom. The zero-order valence-corrected chi connectivity index (χ0v) is 17.1. The molecule has 0 saturated carbocycles. The molecule has 2 atom stereocenters. The Balaban J connectivity index is 1.60. The van der Waals surface area contributed by atoms with Crippen molar-refractivity contribution in [3.05, 3.63) is 59.4 Å². The fourth-order valence-electron chi connectivity index (χ4n) is 3.79. The van der Waals surface area contributed by atoms with Crippen LogP contribution in [0.1, 0.15) is 30.1 Å². The van der Waals surface area contributed by atoms with Crippen LogP contribution in [0.5, 0.6) is 0 Å². The van der Waals surface area contributed by atoms with Crippen LogP contribution in [0.4, 0.5) is 10.3 Å². The summed E-state index contributed by atoms with van der Waals surface area (Å²) in [5.41, 5.74) is 0.284. The number of amides is 1. The van der Waals surface area contributed by atoms with Crippen molar-refractivity contribution >= 4 is 23.5 Å². The molecular weight excluding hydrogens is 409 g/mol. The molecular formula is C20H21ClFN7O. The number of benzene rings is 1. The van der Waals surface area contributed by atoms with Crippen molar-refractivity contribution in [2.24, 2.45) is 5.92 Å². The van der Waals surface area contributed by atoms with E-state index in [1.807, 2.05) is 0 Å². The van der Waals surface area contributed by atoms with Gasteiger partial charge in [0.1, 0.15) is 5.69 Å². The number of aromatic nitrogens is 5. The molecule has 0 aliphatic carbocycles. The van der Waals surface area contributed by atoms with E-state index in [2.05, 4.69) is 32.4 Å². The van der Waals surface area contributed by atoms with Gasteiger partial charge in [-0.05, 0) is 30.9 Å². The fraction of sp³-hybridized carbons (Fsp3) is 0.350.